The van der Waals surface area contributed by atoms with E-state index in [1.807, 2.05) is 29.2 Å². The van der Waals surface area contributed by atoms with Crippen LogP contribution in [0.1, 0.15) is 16.8 Å². The number of hydrogen-bond donors (Lipinski definition) is 0. The normalized spacial score (nSPS) is 13.1. The average Bonchev–Trinajstić information content (AvgIpc) is 2.72. The number of amidine groups is 1. The summed E-state index contributed by atoms with van der Waals surface area (Å²) in [6, 6.07) is 13.2. The van der Waals surface area contributed by atoms with Gasteiger partial charge in [-0.25, -0.2) is 0 Å². The van der Waals surface area contributed by atoms with Gasteiger partial charge in [0.25, 0.3) is 5.69 Å². The molecule has 0 atom stereocenters. The number of rotatable bonds is 6. The molecular weight excluding hydrogens is 446 g/mol. The van der Waals surface area contributed by atoms with Gasteiger partial charge in [0.15, 0.2) is 11.0 Å². The van der Waals surface area contributed by atoms with Gasteiger partial charge in [-0.2, -0.15) is 0 Å². The Morgan fingerprint density at radius 1 is 1.29 bits per heavy atom. The van der Waals surface area contributed by atoms with Crippen LogP contribution in [-0.4, -0.2) is 41.8 Å². The average molecular weight is 466 g/mol. The number of carbonyl (C=O) groups excluding carboxylic acids is 1. The molecule has 9 heteroatoms. The summed E-state index contributed by atoms with van der Waals surface area (Å²) in [5.41, 5.74) is 1.04. The quantitative estimate of drug-likeness (QED) is 0.357. The van der Waals surface area contributed by atoms with Crippen LogP contribution in [0.4, 0.5) is 11.4 Å². The number of nitro groups is 1. The van der Waals surface area contributed by atoms with Gasteiger partial charge in [-0.15, -0.1) is 17.0 Å². The summed E-state index contributed by atoms with van der Waals surface area (Å²) >= 11 is 1.61. The maximum Gasteiger partial charge on any atom is 0.270 e. The molecule has 1 aliphatic heterocycles. The zero-order chi connectivity index (χ0) is 19.2. The Hall–Kier alpha value is -2.39. The largest absolute Gasteiger partial charge is 0.497 e. The van der Waals surface area contributed by atoms with E-state index < -0.39 is 4.92 Å². The topological polar surface area (TPSA) is 85.0 Å². The van der Waals surface area contributed by atoms with Crippen LogP contribution in [0.3, 0.4) is 0 Å². The Balaban J connectivity index is 0.00000280. The summed E-state index contributed by atoms with van der Waals surface area (Å²) < 4.78 is 5.20. The van der Waals surface area contributed by atoms with Crippen molar-refractivity contribution in [1.82, 2.24) is 0 Å². The first kappa shape index (κ1) is 21.9. The summed E-state index contributed by atoms with van der Waals surface area (Å²) in [7, 11) is 1.60. The minimum atomic E-state index is -0.501. The van der Waals surface area contributed by atoms with Crippen LogP contribution < -0.4 is 9.64 Å². The molecule has 0 radical (unpaired) electrons. The fraction of sp³-hybridized carbons (Fsp3) is 0.263. The molecule has 0 unspecified atom stereocenters. The van der Waals surface area contributed by atoms with E-state index in [-0.39, 0.29) is 35.0 Å². The van der Waals surface area contributed by atoms with Crippen LogP contribution in [0.25, 0.3) is 0 Å². The second-order valence-corrected chi connectivity index (χ2v) is 6.94. The molecule has 2 aromatic rings. The fourth-order valence-electron chi connectivity index (χ4n) is 2.67. The molecule has 1 heterocycles. The first-order valence-electron chi connectivity index (χ1n) is 8.45. The number of aliphatic imine (C=N–C) groups is 1. The van der Waals surface area contributed by atoms with Crippen LogP contribution >= 0.6 is 28.7 Å². The standard InChI is InChI=1S/C19H19N3O4S.BrH/c1-26-17-8-6-15(7-9-17)21(19-20-10-3-11-27-19)13-18(23)14-4-2-5-16(12-14)22(24)25;/h2,4-9,12H,3,10-11,13H2,1H3;1H. The lowest BCUT2D eigenvalue weighted by Gasteiger charge is -2.27. The molecule has 0 spiro atoms. The summed E-state index contributed by atoms with van der Waals surface area (Å²) in [5, 5.41) is 11.8. The molecule has 0 N–H and O–H groups in total. The molecule has 0 aliphatic carbocycles. The highest BCUT2D eigenvalue weighted by molar-refractivity contribution is 8.93. The van der Waals surface area contributed by atoms with Gasteiger partial charge in [0.05, 0.1) is 18.6 Å². The molecule has 2 aromatic carbocycles. The number of halogens is 1. The Bertz CT molecular complexity index is 874. The van der Waals surface area contributed by atoms with Crippen molar-refractivity contribution in [3.63, 3.8) is 0 Å². The Morgan fingerprint density at radius 2 is 2.04 bits per heavy atom. The fourth-order valence-corrected chi connectivity index (χ4v) is 3.64. The van der Waals surface area contributed by atoms with Crippen molar-refractivity contribution in [2.24, 2.45) is 4.99 Å². The maximum absolute atomic E-state index is 12.8. The van der Waals surface area contributed by atoms with E-state index in [2.05, 4.69) is 4.99 Å². The van der Waals surface area contributed by atoms with Crippen molar-refractivity contribution in [3.05, 3.63) is 64.2 Å². The zero-order valence-electron chi connectivity index (χ0n) is 15.2. The van der Waals surface area contributed by atoms with Crippen molar-refractivity contribution in [1.29, 1.82) is 0 Å². The summed E-state index contributed by atoms with van der Waals surface area (Å²) in [6.07, 6.45) is 1.00. The van der Waals surface area contributed by atoms with Crippen LogP contribution in [0.5, 0.6) is 5.75 Å². The number of non-ortho nitro benzene ring substituents is 1. The number of nitrogens with zero attached hydrogens (tertiary/aromatic N) is 3. The number of ketones is 1. The lowest BCUT2D eigenvalue weighted by atomic mass is 10.1. The maximum atomic E-state index is 12.8. The second-order valence-electron chi connectivity index (χ2n) is 5.88. The summed E-state index contributed by atoms with van der Waals surface area (Å²) in [6.45, 7) is 0.777. The van der Waals surface area contributed by atoms with E-state index >= 15 is 0 Å². The van der Waals surface area contributed by atoms with Gasteiger partial charge in [-0.1, -0.05) is 23.9 Å². The monoisotopic (exact) mass is 465 g/mol. The number of hydrogen-bond acceptors (Lipinski definition) is 7. The highest BCUT2D eigenvalue weighted by atomic mass is 79.9. The molecule has 1 aliphatic rings. The molecule has 0 amide bonds. The number of thioether (sulfide) groups is 1. The number of carbonyl (C=O) groups is 1. The van der Waals surface area contributed by atoms with Crippen molar-refractivity contribution in [2.75, 3.05) is 30.9 Å². The van der Waals surface area contributed by atoms with E-state index in [9.17, 15) is 14.9 Å². The Labute approximate surface area is 177 Å². The zero-order valence-corrected chi connectivity index (χ0v) is 17.8. The van der Waals surface area contributed by atoms with E-state index in [0.29, 0.717) is 5.56 Å². The van der Waals surface area contributed by atoms with Crippen molar-refractivity contribution in [3.8, 4) is 5.75 Å². The van der Waals surface area contributed by atoms with Gasteiger partial charge in [-0.05, 0) is 30.7 Å². The van der Waals surface area contributed by atoms with Gasteiger partial charge >= 0.3 is 0 Å². The van der Waals surface area contributed by atoms with Crippen molar-refractivity contribution in [2.45, 2.75) is 6.42 Å². The van der Waals surface area contributed by atoms with E-state index in [4.69, 9.17) is 4.74 Å². The molecule has 28 heavy (non-hydrogen) atoms. The predicted octanol–water partition coefficient (Wildman–Crippen LogP) is 4.36. The predicted molar refractivity (Wildman–Crippen MR) is 117 cm³/mol. The van der Waals surface area contributed by atoms with Gasteiger partial charge in [-0.3, -0.25) is 19.9 Å². The van der Waals surface area contributed by atoms with E-state index in [1.165, 1.54) is 18.2 Å². The van der Waals surface area contributed by atoms with E-state index in [1.54, 1.807) is 24.9 Å². The third-order valence-electron chi connectivity index (χ3n) is 4.08. The molecule has 148 valence electrons. The van der Waals surface area contributed by atoms with Crippen LogP contribution in [0.2, 0.25) is 0 Å². The molecule has 0 aromatic heterocycles. The molecular formula is C19H20BrN3O4S. The number of nitro benzene ring substituents is 1. The first-order chi connectivity index (χ1) is 13.1. The molecule has 0 bridgehead atoms. The van der Waals surface area contributed by atoms with Gasteiger partial charge in [0.2, 0.25) is 0 Å². The summed E-state index contributed by atoms with van der Waals surface area (Å²) in [4.78, 5) is 29.7. The number of benzene rings is 2. The lowest BCUT2D eigenvalue weighted by Crippen LogP contribution is -2.35. The van der Waals surface area contributed by atoms with Crippen LogP contribution in [0, 0.1) is 10.1 Å². The number of ether oxygens (including phenoxy) is 1. The van der Waals surface area contributed by atoms with Crippen molar-refractivity contribution >= 4 is 51.1 Å². The lowest BCUT2D eigenvalue weighted by molar-refractivity contribution is -0.384. The van der Waals surface area contributed by atoms with Gasteiger partial charge < -0.3 is 9.64 Å². The Morgan fingerprint density at radius 3 is 2.64 bits per heavy atom. The molecule has 7 nitrogen and oxygen atoms in total. The SMILES string of the molecule is Br.COc1ccc(N(CC(=O)c2cccc([N+](=O)[O-])c2)C2=NCCCS2)cc1. The molecule has 3 rings (SSSR count). The Kier molecular flexibility index (Phi) is 8.01. The first-order valence-corrected chi connectivity index (χ1v) is 9.43. The van der Waals surface area contributed by atoms with E-state index in [0.717, 1.165) is 35.3 Å². The number of methoxy groups -OCH3 is 1. The van der Waals surface area contributed by atoms with Crippen molar-refractivity contribution < 1.29 is 14.5 Å². The third-order valence-corrected chi connectivity index (χ3v) is 5.18. The smallest absolute Gasteiger partial charge is 0.270 e. The highest BCUT2D eigenvalue weighted by Gasteiger charge is 2.21. The van der Waals surface area contributed by atoms with Crippen LogP contribution in [0.15, 0.2) is 53.5 Å². The highest BCUT2D eigenvalue weighted by Crippen LogP contribution is 2.25. The molecule has 0 saturated carbocycles. The van der Waals surface area contributed by atoms with Gasteiger partial charge in [0, 0.05) is 35.7 Å². The molecule has 0 fully saturated rings. The second kappa shape index (κ2) is 10.2. The van der Waals surface area contributed by atoms with Crippen LogP contribution in [-0.2, 0) is 0 Å². The third kappa shape index (κ3) is 5.32. The minimum absolute atomic E-state index is 0. The minimum Gasteiger partial charge on any atom is -0.497 e. The number of Topliss-reactive ketones (excluding diaryl/α,β-unsaturated/α-hetero) is 1. The summed E-state index contributed by atoms with van der Waals surface area (Å²) in [5.74, 6) is 1.46. The molecule has 0 saturated heterocycles. The number of anilines is 1. The van der Waals surface area contributed by atoms with Gasteiger partial charge in [0.1, 0.15) is 5.75 Å².